The molecule has 0 radical (unpaired) electrons. The maximum Gasteiger partial charge on any atom is 0.237 e. The maximum absolute atomic E-state index is 14.1. The topological polar surface area (TPSA) is 121 Å². The average Bonchev–Trinajstić information content (AvgIpc) is 3.39. The number of rotatable bonds is 7. The molecular formula is C22H25ClFN7O3. The van der Waals surface area contributed by atoms with Gasteiger partial charge in [-0.15, -0.1) is 10.2 Å². The van der Waals surface area contributed by atoms with E-state index in [4.69, 9.17) is 25.7 Å². The van der Waals surface area contributed by atoms with Gasteiger partial charge in [-0.25, -0.2) is 14.4 Å². The van der Waals surface area contributed by atoms with Crippen molar-refractivity contribution in [2.75, 3.05) is 25.1 Å². The van der Waals surface area contributed by atoms with Gasteiger partial charge in [0, 0.05) is 38.5 Å². The van der Waals surface area contributed by atoms with Crippen molar-refractivity contribution in [3.63, 3.8) is 0 Å². The first-order valence-electron chi connectivity index (χ1n) is 11.1. The molecule has 12 heteroatoms. The van der Waals surface area contributed by atoms with E-state index in [0.29, 0.717) is 31.0 Å². The van der Waals surface area contributed by atoms with Crippen LogP contribution in [0.1, 0.15) is 41.6 Å². The third-order valence-corrected chi connectivity index (χ3v) is 6.40. The normalized spacial score (nSPS) is 18.9. The molecule has 3 N–H and O–H groups in total. The summed E-state index contributed by atoms with van der Waals surface area (Å²) >= 11 is 5.83. The number of aliphatic hydroxyl groups is 1. The second kappa shape index (κ2) is 10.3. The largest absolute Gasteiger partial charge is 0.426 e. The number of hydrogen-bond acceptors (Lipinski definition) is 10. The maximum atomic E-state index is 14.1. The molecule has 34 heavy (non-hydrogen) atoms. The van der Waals surface area contributed by atoms with E-state index in [1.807, 2.05) is 11.1 Å². The highest BCUT2D eigenvalue weighted by Crippen LogP contribution is 2.26. The monoisotopic (exact) mass is 489 g/mol. The molecule has 0 bridgehead atoms. The van der Waals surface area contributed by atoms with Crippen molar-refractivity contribution < 1.29 is 18.7 Å². The highest BCUT2D eigenvalue weighted by molar-refractivity contribution is 6.30. The first kappa shape index (κ1) is 23.1. The van der Waals surface area contributed by atoms with E-state index in [0.717, 1.165) is 37.3 Å². The molecule has 180 valence electrons. The van der Waals surface area contributed by atoms with Crippen molar-refractivity contribution in [3.8, 4) is 0 Å². The second-order valence-corrected chi connectivity index (χ2v) is 8.75. The van der Waals surface area contributed by atoms with Crippen molar-refractivity contribution in [1.29, 1.82) is 0 Å². The molecule has 0 saturated carbocycles. The van der Waals surface area contributed by atoms with Gasteiger partial charge in [0.1, 0.15) is 11.9 Å². The summed E-state index contributed by atoms with van der Waals surface area (Å²) in [6.07, 6.45) is 4.47. The van der Waals surface area contributed by atoms with Gasteiger partial charge in [0.15, 0.2) is 6.35 Å². The number of nitrogens with zero attached hydrogens (tertiary/aromatic N) is 5. The van der Waals surface area contributed by atoms with Crippen LogP contribution in [0.3, 0.4) is 0 Å². The van der Waals surface area contributed by atoms with E-state index < -0.39 is 18.2 Å². The molecule has 1 saturated heterocycles. The highest BCUT2D eigenvalue weighted by atomic mass is 35.5. The molecule has 0 amide bonds. The van der Waals surface area contributed by atoms with Gasteiger partial charge in [-0.3, -0.25) is 10.2 Å². The number of anilines is 1. The van der Waals surface area contributed by atoms with E-state index in [2.05, 4.69) is 25.8 Å². The van der Waals surface area contributed by atoms with Crippen LogP contribution in [0.25, 0.3) is 0 Å². The summed E-state index contributed by atoms with van der Waals surface area (Å²) in [6, 6.07) is 3.93. The number of benzene rings is 1. The zero-order valence-electron chi connectivity index (χ0n) is 18.3. The summed E-state index contributed by atoms with van der Waals surface area (Å²) in [6.45, 7) is 2.46. The molecule has 0 aliphatic carbocycles. The minimum atomic E-state index is -1.08. The molecule has 1 fully saturated rings. The molecule has 4 heterocycles. The summed E-state index contributed by atoms with van der Waals surface area (Å²) in [7, 11) is 0. The summed E-state index contributed by atoms with van der Waals surface area (Å²) in [5, 5.41) is 25.1. The Morgan fingerprint density at radius 2 is 2.12 bits per heavy atom. The van der Waals surface area contributed by atoms with E-state index in [1.165, 1.54) is 18.5 Å². The van der Waals surface area contributed by atoms with Crippen LogP contribution in [-0.4, -0.2) is 62.3 Å². The SMILES string of the molecule is OC(NC(c1ccc(Cl)c(F)c1)c1nnco1)N1CCc2cnc(NC3CCOCC3)nc2C1. The smallest absolute Gasteiger partial charge is 0.237 e. The van der Waals surface area contributed by atoms with Crippen LogP contribution in [0.2, 0.25) is 5.02 Å². The zero-order valence-corrected chi connectivity index (χ0v) is 19.1. The van der Waals surface area contributed by atoms with Gasteiger partial charge in [0.2, 0.25) is 18.2 Å². The quantitative estimate of drug-likeness (QED) is 0.426. The lowest BCUT2D eigenvalue weighted by molar-refractivity contribution is -0.0385. The standard InChI is InChI=1S/C22H25ClFN7O3/c23-16-2-1-13(9-17(16)24)19(20-30-26-12-34-20)29-22(32)31-6-3-14-10-25-21(28-18(14)11-31)27-15-4-7-33-8-5-15/h1-2,9-10,12,15,19,22,29,32H,3-8,11H2,(H,25,27,28). The number of halogens is 2. The number of hydrogen-bond donors (Lipinski definition) is 3. The minimum Gasteiger partial charge on any atom is -0.426 e. The summed E-state index contributed by atoms with van der Waals surface area (Å²) in [4.78, 5) is 11.0. The number of nitrogens with one attached hydrogen (secondary N) is 2. The van der Waals surface area contributed by atoms with Gasteiger partial charge in [-0.05, 0) is 42.5 Å². The molecule has 2 atom stereocenters. The third-order valence-electron chi connectivity index (χ3n) is 6.09. The summed E-state index contributed by atoms with van der Waals surface area (Å²) in [5.41, 5.74) is 2.39. The molecular weight excluding hydrogens is 465 g/mol. The second-order valence-electron chi connectivity index (χ2n) is 8.34. The van der Waals surface area contributed by atoms with Crippen LogP contribution in [0, 0.1) is 5.82 Å². The van der Waals surface area contributed by atoms with Gasteiger partial charge in [-0.2, -0.15) is 0 Å². The zero-order chi connectivity index (χ0) is 23.5. The summed E-state index contributed by atoms with van der Waals surface area (Å²) in [5.74, 6) is 0.201. The van der Waals surface area contributed by atoms with Crippen LogP contribution >= 0.6 is 11.6 Å². The van der Waals surface area contributed by atoms with Gasteiger partial charge in [-0.1, -0.05) is 17.7 Å². The molecule has 2 aliphatic heterocycles. The molecule has 5 rings (SSSR count). The predicted molar refractivity (Wildman–Crippen MR) is 120 cm³/mol. The first-order chi connectivity index (χ1) is 16.6. The predicted octanol–water partition coefficient (Wildman–Crippen LogP) is 2.26. The lowest BCUT2D eigenvalue weighted by Gasteiger charge is -2.34. The number of aliphatic hydroxyl groups excluding tert-OH is 1. The van der Waals surface area contributed by atoms with Gasteiger partial charge in [0.05, 0.1) is 10.7 Å². The molecule has 3 aromatic rings. The Hall–Kier alpha value is -2.70. The molecule has 0 spiro atoms. The fraction of sp³-hybridized carbons (Fsp3) is 0.455. The van der Waals surface area contributed by atoms with Crippen LogP contribution < -0.4 is 10.6 Å². The van der Waals surface area contributed by atoms with Crippen LogP contribution in [0.15, 0.2) is 35.2 Å². The van der Waals surface area contributed by atoms with Gasteiger partial charge < -0.3 is 19.6 Å². The van der Waals surface area contributed by atoms with E-state index in [-0.39, 0.29) is 17.0 Å². The number of fused-ring (bicyclic) bond motifs is 1. The molecule has 10 nitrogen and oxygen atoms in total. The van der Waals surface area contributed by atoms with Crippen LogP contribution in [-0.2, 0) is 17.7 Å². The van der Waals surface area contributed by atoms with Crippen molar-refractivity contribution in [1.82, 2.24) is 30.4 Å². The Morgan fingerprint density at radius 3 is 2.88 bits per heavy atom. The Labute approximate surface area is 200 Å². The molecule has 2 aliphatic rings. The van der Waals surface area contributed by atoms with Crippen molar-refractivity contribution in [2.45, 2.75) is 44.2 Å². The summed E-state index contributed by atoms with van der Waals surface area (Å²) < 4.78 is 24.9. The Kier molecular flexibility index (Phi) is 6.97. The third kappa shape index (κ3) is 5.18. The molecule has 2 aromatic heterocycles. The highest BCUT2D eigenvalue weighted by Gasteiger charge is 2.29. The molecule has 1 aromatic carbocycles. The lowest BCUT2D eigenvalue weighted by atomic mass is 10.1. The lowest BCUT2D eigenvalue weighted by Crippen LogP contribution is -2.49. The first-order valence-corrected chi connectivity index (χ1v) is 11.5. The molecule has 2 unspecified atom stereocenters. The van der Waals surface area contributed by atoms with E-state index >= 15 is 0 Å². The van der Waals surface area contributed by atoms with Crippen LogP contribution in [0.4, 0.5) is 10.3 Å². The Bertz CT molecular complexity index is 1110. The fourth-order valence-electron chi connectivity index (χ4n) is 4.19. The van der Waals surface area contributed by atoms with Gasteiger partial charge >= 0.3 is 0 Å². The number of ether oxygens (including phenoxy) is 1. The van der Waals surface area contributed by atoms with Crippen molar-refractivity contribution in [3.05, 3.63) is 64.3 Å². The number of aromatic nitrogens is 4. The Morgan fingerprint density at radius 1 is 1.26 bits per heavy atom. The fourth-order valence-corrected chi connectivity index (χ4v) is 4.31. The van der Waals surface area contributed by atoms with Crippen molar-refractivity contribution >= 4 is 17.5 Å². The minimum absolute atomic E-state index is 0.00562. The van der Waals surface area contributed by atoms with Crippen LogP contribution in [0.5, 0.6) is 0 Å². The average molecular weight is 490 g/mol. The van der Waals surface area contributed by atoms with Crippen molar-refractivity contribution in [2.24, 2.45) is 0 Å². The van der Waals surface area contributed by atoms with E-state index in [1.54, 1.807) is 6.07 Å². The van der Waals surface area contributed by atoms with Gasteiger partial charge in [0.25, 0.3) is 0 Å². The van der Waals surface area contributed by atoms with E-state index in [9.17, 15) is 9.50 Å². The Balaban J connectivity index is 1.30.